The van der Waals surface area contributed by atoms with E-state index in [1.165, 1.54) is 0 Å². The van der Waals surface area contributed by atoms with E-state index in [1.807, 2.05) is 24.3 Å². The predicted molar refractivity (Wildman–Crippen MR) is 81.8 cm³/mol. The number of hydrogen-bond acceptors (Lipinski definition) is 4. The molecule has 0 bridgehead atoms. The molecule has 0 radical (unpaired) electrons. The molecule has 0 saturated carbocycles. The van der Waals surface area contributed by atoms with Gasteiger partial charge in [0.15, 0.2) is 9.84 Å². The van der Waals surface area contributed by atoms with Crippen molar-refractivity contribution in [3.05, 3.63) is 54.1 Å². The van der Waals surface area contributed by atoms with Crippen molar-refractivity contribution in [1.82, 2.24) is 0 Å². The van der Waals surface area contributed by atoms with Crippen LogP contribution >= 0.6 is 0 Å². The van der Waals surface area contributed by atoms with Crippen molar-refractivity contribution in [3.8, 4) is 0 Å². The Morgan fingerprint density at radius 2 is 1.70 bits per heavy atom. The molecule has 106 valence electrons. The van der Waals surface area contributed by atoms with E-state index in [1.54, 1.807) is 31.2 Å². The molecular weight excluding hydrogens is 272 g/mol. The van der Waals surface area contributed by atoms with Crippen LogP contribution in [0.2, 0.25) is 0 Å². The van der Waals surface area contributed by atoms with Crippen molar-refractivity contribution >= 4 is 21.2 Å². The van der Waals surface area contributed by atoms with Crippen molar-refractivity contribution in [1.29, 1.82) is 0 Å². The Bertz CT molecular complexity index is 679. The Kier molecular flexibility index (Phi) is 4.42. The zero-order chi connectivity index (χ0) is 14.6. The van der Waals surface area contributed by atoms with Crippen LogP contribution in [0.1, 0.15) is 12.5 Å². The molecule has 0 heterocycles. The maximum atomic E-state index is 11.7. The molecule has 0 aliphatic rings. The van der Waals surface area contributed by atoms with Gasteiger partial charge in [0.1, 0.15) is 0 Å². The SMILES string of the molecule is CCS(=O)(=O)c1ccc(Nc2ccccc2CN)cc1. The molecule has 20 heavy (non-hydrogen) atoms. The van der Waals surface area contributed by atoms with Gasteiger partial charge in [-0.15, -0.1) is 0 Å². The van der Waals surface area contributed by atoms with Crippen molar-refractivity contribution < 1.29 is 8.42 Å². The van der Waals surface area contributed by atoms with E-state index in [4.69, 9.17) is 5.73 Å². The van der Waals surface area contributed by atoms with Gasteiger partial charge in [-0.25, -0.2) is 8.42 Å². The first-order valence-corrected chi connectivity index (χ1v) is 8.10. The smallest absolute Gasteiger partial charge is 0.178 e. The third-order valence-corrected chi connectivity index (χ3v) is 4.86. The Morgan fingerprint density at radius 3 is 2.30 bits per heavy atom. The van der Waals surface area contributed by atoms with E-state index in [0.717, 1.165) is 16.9 Å². The normalized spacial score (nSPS) is 11.3. The van der Waals surface area contributed by atoms with E-state index in [0.29, 0.717) is 11.4 Å². The molecule has 0 saturated heterocycles. The summed E-state index contributed by atoms with van der Waals surface area (Å²) in [6, 6.07) is 14.5. The molecule has 0 unspecified atom stereocenters. The summed E-state index contributed by atoms with van der Waals surface area (Å²) in [6.07, 6.45) is 0. The molecule has 0 amide bonds. The lowest BCUT2D eigenvalue weighted by Crippen LogP contribution is -2.04. The molecule has 0 aromatic heterocycles. The number of benzene rings is 2. The van der Waals surface area contributed by atoms with Crippen LogP contribution in [0.3, 0.4) is 0 Å². The van der Waals surface area contributed by atoms with Crippen LogP contribution in [0.15, 0.2) is 53.4 Å². The lowest BCUT2D eigenvalue weighted by atomic mass is 10.1. The van der Waals surface area contributed by atoms with Gasteiger partial charge in [0.05, 0.1) is 10.6 Å². The van der Waals surface area contributed by atoms with Gasteiger partial charge in [0.2, 0.25) is 0 Å². The first-order valence-electron chi connectivity index (χ1n) is 6.44. The number of nitrogens with two attached hydrogens (primary N) is 1. The highest BCUT2D eigenvalue weighted by Crippen LogP contribution is 2.22. The number of hydrogen-bond donors (Lipinski definition) is 2. The van der Waals surface area contributed by atoms with Gasteiger partial charge in [-0.3, -0.25) is 0 Å². The summed E-state index contributed by atoms with van der Waals surface area (Å²) in [6.45, 7) is 2.09. The summed E-state index contributed by atoms with van der Waals surface area (Å²) >= 11 is 0. The van der Waals surface area contributed by atoms with Crippen molar-refractivity contribution in [2.24, 2.45) is 5.73 Å². The van der Waals surface area contributed by atoms with Gasteiger partial charge in [-0.05, 0) is 35.9 Å². The molecule has 2 rings (SSSR count). The molecular formula is C15H18N2O2S. The number of para-hydroxylation sites is 1. The van der Waals surface area contributed by atoms with E-state index in [9.17, 15) is 8.42 Å². The number of anilines is 2. The first-order chi connectivity index (χ1) is 9.56. The average Bonchev–Trinajstić information content (AvgIpc) is 2.48. The molecule has 3 N–H and O–H groups in total. The number of nitrogens with one attached hydrogen (secondary N) is 1. The molecule has 5 heteroatoms. The van der Waals surface area contributed by atoms with Gasteiger partial charge in [-0.2, -0.15) is 0 Å². The van der Waals surface area contributed by atoms with Gasteiger partial charge < -0.3 is 11.1 Å². The monoisotopic (exact) mass is 290 g/mol. The van der Waals surface area contributed by atoms with E-state index >= 15 is 0 Å². The quantitative estimate of drug-likeness (QED) is 0.888. The first kappa shape index (κ1) is 14.6. The zero-order valence-electron chi connectivity index (χ0n) is 11.3. The lowest BCUT2D eigenvalue weighted by Gasteiger charge is -2.11. The highest BCUT2D eigenvalue weighted by atomic mass is 32.2. The third-order valence-electron chi connectivity index (χ3n) is 3.11. The Hall–Kier alpha value is -1.85. The molecule has 4 nitrogen and oxygen atoms in total. The minimum atomic E-state index is -3.15. The van der Waals surface area contributed by atoms with E-state index in [2.05, 4.69) is 5.32 Å². The van der Waals surface area contributed by atoms with E-state index < -0.39 is 9.84 Å². The molecule has 0 aliphatic heterocycles. The van der Waals surface area contributed by atoms with Crippen molar-refractivity contribution in [3.63, 3.8) is 0 Å². The maximum absolute atomic E-state index is 11.7. The van der Waals surface area contributed by atoms with Crippen LogP contribution < -0.4 is 11.1 Å². The maximum Gasteiger partial charge on any atom is 0.178 e. The Balaban J connectivity index is 2.23. The second-order valence-corrected chi connectivity index (χ2v) is 6.69. The van der Waals surface area contributed by atoms with Crippen molar-refractivity contribution in [2.75, 3.05) is 11.1 Å². The summed E-state index contributed by atoms with van der Waals surface area (Å²) in [4.78, 5) is 0.345. The van der Waals surface area contributed by atoms with Crippen LogP contribution in [0.5, 0.6) is 0 Å². The Labute approximate surface area is 119 Å². The van der Waals surface area contributed by atoms with Crippen molar-refractivity contribution in [2.45, 2.75) is 18.4 Å². The summed E-state index contributed by atoms with van der Waals surface area (Å²) < 4.78 is 23.5. The van der Waals surface area contributed by atoms with Crippen LogP contribution in [-0.2, 0) is 16.4 Å². The molecule has 0 spiro atoms. The number of sulfone groups is 1. The highest BCUT2D eigenvalue weighted by Gasteiger charge is 2.10. The third kappa shape index (κ3) is 3.18. The minimum absolute atomic E-state index is 0.107. The van der Waals surface area contributed by atoms with Crippen LogP contribution in [0.25, 0.3) is 0 Å². The largest absolute Gasteiger partial charge is 0.355 e. The Morgan fingerprint density at radius 1 is 1.05 bits per heavy atom. The average molecular weight is 290 g/mol. The molecule has 0 fully saturated rings. The molecule has 2 aromatic carbocycles. The van der Waals surface area contributed by atoms with Crippen LogP contribution in [0, 0.1) is 0 Å². The van der Waals surface area contributed by atoms with Gasteiger partial charge in [0, 0.05) is 17.9 Å². The zero-order valence-corrected chi connectivity index (χ0v) is 12.2. The van der Waals surface area contributed by atoms with Gasteiger partial charge >= 0.3 is 0 Å². The van der Waals surface area contributed by atoms with Crippen LogP contribution in [-0.4, -0.2) is 14.2 Å². The molecule has 2 aromatic rings. The minimum Gasteiger partial charge on any atom is -0.355 e. The predicted octanol–water partition coefficient (Wildman–Crippen LogP) is 2.68. The fourth-order valence-corrected chi connectivity index (χ4v) is 2.77. The lowest BCUT2D eigenvalue weighted by molar-refractivity contribution is 0.597. The topological polar surface area (TPSA) is 72.2 Å². The highest BCUT2D eigenvalue weighted by molar-refractivity contribution is 7.91. The van der Waals surface area contributed by atoms with Gasteiger partial charge in [-0.1, -0.05) is 25.1 Å². The summed E-state index contributed by atoms with van der Waals surface area (Å²) in [7, 11) is -3.15. The molecule has 0 aliphatic carbocycles. The molecule has 0 atom stereocenters. The summed E-state index contributed by atoms with van der Waals surface area (Å²) in [5.74, 6) is 0.107. The summed E-state index contributed by atoms with van der Waals surface area (Å²) in [5, 5.41) is 3.25. The fraction of sp³-hybridized carbons (Fsp3) is 0.200. The van der Waals surface area contributed by atoms with Crippen LogP contribution in [0.4, 0.5) is 11.4 Å². The second-order valence-electron chi connectivity index (χ2n) is 4.41. The second kappa shape index (κ2) is 6.07. The number of rotatable bonds is 5. The van der Waals surface area contributed by atoms with Gasteiger partial charge in [0.25, 0.3) is 0 Å². The standard InChI is InChI=1S/C15H18N2O2S/c1-2-20(18,19)14-9-7-13(8-10-14)17-15-6-4-3-5-12(15)11-16/h3-10,17H,2,11,16H2,1H3. The summed E-state index contributed by atoms with van der Waals surface area (Å²) in [5.41, 5.74) is 8.46. The fourth-order valence-electron chi connectivity index (χ4n) is 1.89. The van der Waals surface area contributed by atoms with E-state index in [-0.39, 0.29) is 5.75 Å².